The van der Waals surface area contributed by atoms with Crippen LogP contribution in [0.1, 0.15) is 19.3 Å². The van der Waals surface area contributed by atoms with E-state index in [1.54, 1.807) is 0 Å². The number of aldehydes is 2. The first-order valence-electron chi connectivity index (χ1n) is 2.82. The van der Waals surface area contributed by atoms with Gasteiger partial charge in [-0.05, 0) is 6.42 Å². The van der Waals surface area contributed by atoms with Crippen LogP contribution in [0.4, 0.5) is 0 Å². The molecule has 0 atom stereocenters. The van der Waals surface area contributed by atoms with Crippen LogP contribution in [-0.4, -0.2) is 25.9 Å². The second-order valence-electron chi connectivity index (χ2n) is 1.49. The van der Waals surface area contributed by atoms with Gasteiger partial charge in [0.15, 0.2) is 0 Å². The number of hydrogen-bond acceptors (Lipinski definition) is 3. The maximum absolute atomic E-state index is 9.56. The topological polar surface area (TPSA) is 91.7 Å². The highest BCUT2D eigenvalue weighted by molar-refractivity contribution is 7.73. The third-order valence-corrected chi connectivity index (χ3v) is 0.644. The molecule has 0 fully saturated rings. The van der Waals surface area contributed by atoms with Crippen LogP contribution >= 0.6 is 0 Å². The molecule has 0 aromatic rings. The van der Waals surface area contributed by atoms with Gasteiger partial charge in [0.25, 0.3) is 11.4 Å². The maximum Gasteiger partial charge on any atom is 0.299 e. The minimum absolute atomic E-state index is 0.513. The Bertz CT molecular complexity index is 112. The summed E-state index contributed by atoms with van der Waals surface area (Å²) in [6.45, 7) is 0. The van der Waals surface area contributed by atoms with E-state index in [1.165, 1.54) is 0 Å². The van der Waals surface area contributed by atoms with Crippen molar-refractivity contribution < 1.29 is 22.9 Å². The molecule has 0 aromatic heterocycles. The highest BCUT2D eigenvalue weighted by Gasteiger charge is 1.80. The Morgan fingerprint density at radius 2 is 1.36 bits per heavy atom. The molecule has 0 unspecified atom stereocenters. The molecular weight excluding hydrogens is 172 g/mol. The zero-order chi connectivity index (χ0) is 9.11. The minimum Gasteiger partial charge on any atom is -0.303 e. The largest absolute Gasteiger partial charge is 0.303 e. The lowest BCUT2D eigenvalue weighted by Gasteiger charge is -1.78. The Hall–Kier alpha value is -0.590. The quantitative estimate of drug-likeness (QED) is 0.369. The van der Waals surface area contributed by atoms with E-state index in [9.17, 15) is 9.59 Å². The van der Waals surface area contributed by atoms with Crippen molar-refractivity contribution in [3.8, 4) is 0 Å². The maximum atomic E-state index is 9.56. The van der Waals surface area contributed by atoms with Crippen molar-refractivity contribution in [1.82, 2.24) is 0 Å². The van der Waals surface area contributed by atoms with Gasteiger partial charge >= 0.3 is 0 Å². The molecule has 66 valence electrons. The molecule has 0 heterocycles. The predicted molar refractivity (Wildman–Crippen MR) is 39.4 cm³/mol. The molecule has 11 heavy (non-hydrogen) atoms. The Kier molecular flexibility index (Phi) is 14.4. The first kappa shape index (κ1) is 13.0. The van der Waals surface area contributed by atoms with Gasteiger partial charge in [-0.2, -0.15) is 4.21 Å². The third-order valence-electron chi connectivity index (χ3n) is 0.644. The highest BCUT2D eigenvalue weighted by Crippen LogP contribution is 1.85. The van der Waals surface area contributed by atoms with E-state index in [2.05, 4.69) is 0 Å². The molecule has 2 N–H and O–H groups in total. The molecule has 0 aliphatic heterocycles. The molecular formula is C5H10O5S. The van der Waals surface area contributed by atoms with E-state index >= 15 is 0 Å². The smallest absolute Gasteiger partial charge is 0.299 e. The van der Waals surface area contributed by atoms with E-state index in [0.29, 0.717) is 19.3 Å². The summed E-state index contributed by atoms with van der Waals surface area (Å²) in [5.74, 6) is 0. The lowest BCUT2D eigenvalue weighted by Crippen LogP contribution is -1.76. The van der Waals surface area contributed by atoms with Gasteiger partial charge in [-0.25, -0.2) is 0 Å². The summed E-state index contributed by atoms with van der Waals surface area (Å²) >= 11 is -2.61. The molecule has 0 rings (SSSR count). The zero-order valence-corrected chi connectivity index (χ0v) is 6.62. The predicted octanol–water partition coefficient (Wildman–Crippen LogP) is 0.236. The Balaban J connectivity index is 0. The summed E-state index contributed by atoms with van der Waals surface area (Å²) in [6, 6.07) is 0. The van der Waals surface area contributed by atoms with Gasteiger partial charge in [0.2, 0.25) is 0 Å². The molecule has 5 nitrogen and oxygen atoms in total. The van der Waals surface area contributed by atoms with Gasteiger partial charge in [-0.1, -0.05) is 0 Å². The molecule has 6 heteroatoms. The van der Waals surface area contributed by atoms with Gasteiger partial charge in [0.1, 0.15) is 12.6 Å². The fourth-order valence-electron chi connectivity index (χ4n) is 0.285. The number of hydrogen-bond donors (Lipinski definition) is 2. The standard InChI is InChI=1S/C5H8O2.H2O3S/c6-4-2-1-3-5-7;1-4(2)3/h4-5H,1-3H2;(H2,1,2,3). The fraction of sp³-hybridized carbons (Fsp3) is 0.600. The van der Waals surface area contributed by atoms with Crippen molar-refractivity contribution in [2.75, 3.05) is 0 Å². The van der Waals surface area contributed by atoms with Crippen LogP contribution in [0.2, 0.25) is 0 Å². The van der Waals surface area contributed by atoms with Crippen molar-refractivity contribution in [1.29, 1.82) is 0 Å². The van der Waals surface area contributed by atoms with Crippen molar-refractivity contribution in [2.45, 2.75) is 19.3 Å². The molecule has 0 saturated heterocycles. The lowest BCUT2D eigenvalue weighted by molar-refractivity contribution is -0.108. The first-order valence-corrected chi connectivity index (χ1v) is 3.88. The van der Waals surface area contributed by atoms with Gasteiger partial charge in [0.05, 0.1) is 0 Å². The summed E-state index contributed by atoms with van der Waals surface area (Å²) in [5.41, 5.74) is 0. The molecule has 0 bridgehead atoms. The molecule has 0 aliphatic rings. The van der Waals surface area contributed by atoms with E-state index in [1.807, 2.05) is 0 Å². The number of carbonyl (C=O) groups excluding carboxylic acids is 2. The summed E-state index contributed by atoms with van der Waals surface area (Å²) in [5, 5.41) is 0. The average molecular weight is 182 g/mol. The Labute approximate surface area is 66.9 Å². The molecule has 0 saturated carbocycles. The van der Waals surface area contributed by atoms with Crippen molar-refractivity contribution in [3.63, 3.8) is 0 Å². The average Bonchev–Trinajstić information content (AvgIpc) is 1.88. The van der Waals surface area contributed by atoms with E-state index < -0.39 is 11.4 Å². The van der Waals surface area contributed by atoms with Crippen LogP contribution in [0.25, 0.3) is 0 Å². The Morgan fingerprint density at radius 1 is 1.09 bits per heavy atom. The van der Waals surface area contributed by atoms with Gasteiger partial charge in [-0.3, -0.25) is 9.11 Å². The van der Waals surface area contributed by atoms with Crippen LogP contribution in [0.3, 0.4) is 0 Å². The fourth-order valence-corrected chi connectivity index (χ4v) is 0.285. The Morgan fingerprint density at radius 3 is 1.55 bits per heavy atom. The van der Waals surface area contributed by atoms with Crippen LogP contribution in [-0.2, 0) is 21.0 Å². The monoisotopic (exact) mass is 182 g/mol. The first-order chi connectivity index (χ1) is 5.15. The van der Waals surface area contributed by atoms with Crippen LogP contribution in [0.15, 0.2) is 0 Å². The van der Waals surface area contributed by atoms with E-state index in [0.717, 1.165) is 12.6 Å². The summed E-state index contributed by atoms with van der Waals surface area (Å²) in [4.78, 5) is 19.1. The second kappa shape index (κ2) is 12.1. The molecule has 0 spiro atoms. The normalized spacial score (nSPS) is 8.27. The van der Waals surface area contributed by atoms with Gasteiger partial charge < -0.3 is 9.59 Å². The molecule has 0 aromatic carbocycles. The van der Waals surface area contributed by atoms with Crippen molar-refractivity contribution in [3.05, 3.63) is 0 Å². The zero-order valence-electron chi connectivity index (χ0n) is 5.80. The second-order valence-corrected chi connectivity index (χ2v) is 1.96. The molecule has 0 radical (unpaired) electrons. The van der Waals surface area contributed by atoms with Crippen molar-refractivity contribution in [2.24, 2.45) is 0 Å². The molecule has 0 aliphatic carbocycles. The highest BCUT2D eigenvalue weighted by atomic mass is 32.2. The summed E-state index contributed by atoms with van der Waals surface area (Å²) < 4.78 is 22.8. The summed E-state index contributed by atoms with van der Waals surface area (Å²) in [7, 11) is 0. The van der Waals surface area contributed by atoms with Crippen LogP contribution < -0.4 is 0 Å². The summed E-state index contributed by atoms with van der Waals surface area (Å²) in [6.07, 6.45) is 3.37. The van der Waals surface area contributed by atoms with E-state index in [-0.39, 0.29) is 0 Å². The van der Waals surface area contributed by atoms with Crippen LogP contribution in [0.5, 0.6) is 0 Å². The van der Waals surface area contributed by atoms with E-state index in [4.69, 9.17) is 13.3 Å². The van der Waals surface area contributed by atoms with Gasteiger partial charge in [-0.15, -0.1) is 0 Å². The molecule has 0 amide bonds. The number of carbonyl (C=O) groups is 2. The SMILES string of the molecule is O=CCCCC=O.O=S(O)O. The van der Waals surface area contributed by atoms with Crippen LogP contribution in [0, 0.1) is 0 Å². The minimum atomic E-state index is -2.61. The van der Waals surface area contributed by atoms with Gasteiger partial charge in [0, 0.05) is 12.8 Å². The lowest BCUT2D eigenvalue weighted by atomic mass is 10.3. The third kappa shape index (κ3) is 44.4. The number of unbranched alkanes of at least 4 members (excludes halogenated alkanes) is 2. The van der Waals surface area contributed by atoms with Crippen molar-refractivity contribution >= 4 is 23.9 Å². The number of rotatable bonds is 4.